The molecule has 1 fully saturated rings. The Morgan fingerprint density at radius 2 is 1.88 bits per heavy atom. The molecule has 0 aromatic rings. The minimum atomic E-state index is -3.29. The van der Waals surface area contributed by atoms with Gasteiger partial charge in [0.25, 0.3) is 10.2 Å². The average molecular weight is 263 g/mol. The zero-order chi connectivity index (χ0) is 12.9. The van der Waals surface area contributed by atoms with Crippen molar-refractivity contribution >= 4 is 10.2 Å². The highest BCUT2D eigenvalue weighted by Crippen LogP contribution is 2.16. The molecule has 6 heteroatoms. The zero-order valence-electron chi connectivity index (χ0n) is 10.9. The second-order valence-corrected chi connectivity index (χ2v) is 6.60. The van der Waals surface area contributed by atoms with Gasteiger partial charge >= 0.3 is 0 Å². The van der Waals surface area contributed by atoms with Crippen LogP contribution in [0.15, 0.2) is 0 Å². The Balaban J connectivity index is 2.75. The molecule has 17 heavy (non-hydrogen) atoms. The van der Waals surface area contributed by atoms with Crippen molar-refractivity contribution in [2.75, 3.05) is 26.2 Å². The fourth-order valence-corrected chi connectivity index (χ4v) is 4.08. The number of nitrogens with two attached hydrogens (primary N) is 1. The lowest BCUT2D eigenvalue weighted by molar-refractivity contribution is 0.282. The van der Waals surface area contributed by atoms with Crippen LogP contribution in [0.3, 0.4) is 0 Å². The predicted octanol–water partition coefficient (Wildman–Crippen LogP) is 0.776. The Morgan fingerprint density at radius 3 is 2.35 bits per heavy atom. The number of hydrogen-bond donors (Lipinski definition) is 1. The van der Waals surface area contributed by atoms with Crippen molar-refractivity contribution in [3.05, 3.63) is 0 Å². The van der Waals surface area contributed by atoms with Crippen LogP contribution in [-0.2, 0) is 10.2 Å². The Kier molecular flexibility index (Phi) is 5.85. The molecule has 1 aliphatic rings. The molecule has 1 aliphatic heterocycles. The van der Waals surface area contributed by atoms with Crippen LogP contribution in [0.25, 0.3) is 0 Å². The maximum Gasteiger partial charge on any atom is 0.282 e. The Bertz CT molecular complexity index is 302. The van der Waals surface area contributed by atoms with Gasteiger partial charge in [-0.05, 0) is 25.7 Å². The van der Waals surface area contributed by atoms with Crippen molar-refractivity contribution in [2.45, 2.75) is 45.6 Å². The summed E-state index contributed by atoms with van der Waals surface area (Å²) >= 11 is 0. The minimum absolute atomic E-state index is 0.0105. The summed E-state index contributed by atoms with van der Waals surface area (Å²) < 4.78 is 28.0. The fourth-order valence-electron chi connectivity index (χ4n) is 2.19. The number of piperidine rings is 1. The summed E-state index contributed by atoms with van der Waals surface area (Å²) in [6, 6.07) is -0.0105. The van der Waals surface area contributed by atoms with Crippen molar-refractivity contribution in [3.63, 3.8) is 0 Å². The molecule has 0 aliphatic carbocycles. The van der Waals surface area contributed by atoms with Crippen LogP contribution in [0.4, 0.5) is 0 Å². The summed E-state index contributed by atoms with van der Waals surface area (Å²) in [5, 5.41) is 0. The van der Waals surface area contributed by atoms with E-state index >= 15 is 0 Å². The molecule has 2 N–H and O–H groups in total. The van der Waals surface area contributed by atoms with Gasteiger partial charge in [0.2, 0.25) is 0 Å². The van der Waals surface area contributed by atoms with Gasteiger partial charge in [-0.15, -0.1) is 0 Å². The lowest BCUT2D eigenvalue weighted by atomic mass is 10.1. The standard InChI is InChI=1S/C11H25N3O2S/c1-3-7-13(8-4-2)17(15,16)14-9-5-6-11(12)10-14/h11H,3-10,12H2,1-2H3/t11-/m1/s1. The highest BCUT2D eigenvalue weighted by molar-refractivity contribution is 7.86. The molecule has 1 atom stereocenters. The lowest BCUT2D eigenvalue weighted by Gasteiger charge is -2.34. The van der Waals surface area contributed by atoms with Crippen molar-refractivity contribution in [1.82, 2.24) is 8.61 Å². The van der Waals surface area contributed by atoms with E-state index in [0.717, 1.165) is 25.7 Å². The third kappa shape index (κ3) is 3.91. The van der Waals surface area contributed by atoms with Gasteiger partial charge in [-0.3, -0.25) is 0 Å². The van der Waals surface area contributed by atoms with Gasteiger partial charge < -0.3 is 5.73 Å². The first kappa shape index (κ1) is 14.9. The molecular formula is C11H25N3O2S. The molecule has 0 aromatic heterocycles. The third-order valence-electron chi connectivity index (χ3n) is 3.02. The first-order valence-corrected chi connectivity index (χ1v) is 7.92. The molecular weight excluding hydrogens is 238 g/mol. The number of rotatable bonds is 6. The largest absolute Gasteiger partial charge is 0.327 e. The molecule has 0 saturated carbocycles. The molecule has 5 nitrogen and oxygen atoms in total. The van der Waals surface area contributed by atoms with E-state index in [1.807, 2.05) is 13.8 Å². The SMILES string of the molecule is CCCN(CCC)S(=O)(=O)N1CCC[C@@H](N)C1. The van der Waals surface area contributed by atoms with Crippen LogP contribution in [-0.4, -0.2) is 49.2 Å². The lowest BCUT2D eigenvalue weighted by Crippen LogP contribution is -2.51. The van der Waals surface area contributed by atoms with E-state index in [1.54, 1.807) is 8.61 Å². The van der Waals surface area contributed by atoms with Crippen LogP contribution < -0.4 is 5.73 Å². The highest BCUT2D eigenvalue weighted by Gasteiger charge is 2.31. The van der Waals surface area contributed by atoms with Crippen molar-refractivity contribution in [3.8, 4) is 0 Å². The Labute approximate surface area is 105 Å². The fraction of sp³-hybridized carbons (Fsp3) is 1.00. The molecule has 1 saturated heterocycles. The molecule has 0 spiro atoms. The maximum atomic E-state index is 12.4. The van der Waals surface area contributed by atoms with Gasteiger partial charge in [-0.1, -0.05) is 13.8 Å². The van der Waals surface area contributed by atoms with Crippen molar-refractivity contribution in [1.29, 1.82) is 0 Å². The van der Waals surface area contributed by atoms with Crippen LogP contribution >= 0.6 is 0 Å². The minimum Gasteiger partial charge on any atom is -0.327 e. The van der Waals surface area contributed by atoms with Gasteiger partial charge in [0, 0.05) is 32.2 Å². The number of hydrogen-bond acceptors (Lipinski definition) is 3. The van der Waals surface area contributed by atoms with Crippen LogP contribution in [0.2, 0.25) is 0 Å². The van der Waals surface area contributed by atoms with E-state index in [9.17, 15) is 8.42 Å². The first-order valence-electron chi connectivity index (χ1n) is 6.53. The van der Waals surface area contributed by atoms with Crippen LogP contribution in [0.1, 0.15) is 39.5 Å². The highest BCUT2D eigenvalue weighted by atomic mass is 32.2. The average Bonchev–Trinajstić information content (AvgIpc) is 2.29. The quantitative estimate of drug-likeness (QED) is 0.770. The first-order chi connectivity index (χ1) is 8.02. The normalized spacial score (nSPS) is 23.2. The van der Waals surface area contributed by atoms with E-state index in [2.05, 4.69) is 0 Å². The van der Waals surface area contributed by atoms with E-state index < -0.39 is 10.2 Å². The van der Waals surface area contributed by atoms with Crippen molar-refractivity contribution < 1.29 is 8.42 Å². The Morgan fingerprint density at radius 1 is 1.29 bits per heavy atom. The molecule has 1 heterocycles. The van der Waals surface area contributed by atoms with E-state index in [4.69, 9.17) is 5.73 Å². The van der Waals surface area contributed by atoms with E-state index in [0.29, 0.717) is 26.2 Å². The van der Waals surface area contributed by atoms with Gasteiger partial charge in [0.05, 0.1) is 0 Å². The smallest absolute Gasteiger partial charge is 0.282 e. The second kappa shape index (κ2) is 6.68. The summed E-state index contributed by atoms with van der Waals surface area (Å²) in [6.07, 6.45) is 3.48. The monoisotopic (exact) mass is 263 g/mol. The summed E-state index contributed by atoms with van der Waals surface area (Å²) in [5.41, 5.74) is 5.85. The summed E-state index contributed by atoms with van der Waals surface area (Å²) in [5.74, 6) is 0. The van der Waals surface area contributed by atoms with E-state index in [1.165, 1.54) is 0 Å². The summed E-state index contributed by atoms with van der Waals surface area (Å²) in [7, 11) is -3.29. The second-order valence-electron chi connectivity index (χ2n) is 4.67. The molecule has 0 aromatic carbocycles. The van der Waals surface area contributed by atoms with E-state index in [-0.39, 0.29) is 6.04 Å². The molecule has 1 rings (SSSR count). The van der Waals surface area contributed by atoms with Gasteiger partial charge in [0.15, 0.2) is 0 Å². The topological polar surface area (TPSA) is 66.6 Å². The van der Waals surface area contributed by atoms with Gasteiger partial charge in [-0.25, -0.2) is 0 Å². The predicted molar refractivity (Wildman–Crippen MR) is 69.9 cm³/mol. The van der Waals surface area contributed by atoms with Crippen LogP contribution in [0, 0.1) is 0 Å². The van der Waals surface area contributed by atoms with Crippen LogP contribution in [0.5, 0.6) is 0 Å². The molecule has 102 valence electrons. The zero-order valence-corrected chi connectivity index (χ0v) is 11.7. The van der Waals surface area contributed by atoms with Gasteiger partial charge in [-0.2, -0.15) is 17.0 Å². The van der Waals surface area contributed by atoms with Gasteiger partial charge in [0.1, 0.15) is 0 Å². The molecule has 0 bridgehead atoms. The molecule has 0 unspecified atom stereocenters. The molecule has 0 radical (unpaired) electrons. The third-order valence-corrected chi connectivity index (χ3v) is 5.02. The van der Waals surface area contributed by atoms with Crippen molar-refractivity contribution in [2.24, 2.45) is 5.73 Å². The number of nitrogens with zero attached hydrogens (tertiary/aromatic N) is 2. The molecule has 0 amide bonds. The Hall–Kier alpha value is -0.170. The summed E-state index contributed by atoms with van der Waals surface area (Å²) in [4.78, 5) is 0. The summed E-state index contributed by atoms with van der Waals surface area (Å²) in [6.45, 7) is 6.27. The maximum absolute atomic E-state index is 12.4.